The number of anilines is 1. The lowest BCUT2D eigenvalue weighted by molar-refractivity contribution is 0.101. The van der Waals surface area contributed by atoms with Crippen LogP contribution in [0.5, 0.6) is 11.5 Å². The monoisotopic (exact) mass is 446 g/mol. The van der Waals surface area contributed by atoms with Crippen LogP contribution in [0.15, 0.2) is 60.7 Å². The topological polar surface area (TPSA) is 78.3 Å². The maximum absolute atomic E-state index is 13.5. The molecular weight excluding hydrogens is 423 g/mol. The molecule has 8 heteroatoms. The highest BCUT2D eigenvalue weighted by atomic mass is 19.1. The van der Waals surface area contributed by atoms with Crippen molar-refractivity contribution >= 4 is 11.6 Å². The number of halogens is 1. The van der Waals surface area contributed by atoms with Gasteiger partial charge in [-0.2, -0.15) is 0 Å². The van der Waals surface area contributed by atoms with Crippen LogP contribution in [0.1, 0.15) is 21.7 Å². The number of carbonyl (C=O) groups is 1. The number of ether oxygens (including phenoxy) is 2. The van der Waals surface area contributed by atoms with Gasteiger partial charge in [0.1, 0.15) is 17.3 Å². The summed E-state index contributed by atoms with van der Waals surface area (Å²) in [5.74, 6) is 0.531. The smallest absolute Gasteiger partial charge is 0.295 e. The fraction of sp³-hybridized carbons (Fsp3) is 0.160. The average molecular weight is 446 g/mol. The first-order valence-corrected chi connectivity index (χ1v) is 10.2. The van der Waals surface area contributed by atoms with Gasteiger partial charge in [-0.15, -0.1) is 5.10 Å². The summed E-state index contributed by atoms with van der Waals surface area (Å²) < 4.78 is 25.7. The van der Waals surface area contributed by atoms with Crippen LogP contribution >= 0.6 is 0 Å². The van der Waals surface area contributed by atoms with Crippen LogP contribution in [0.3, 0.4) is 0 Å². The molecule has 168 valence electrons. The third-order valence-corrected chi connectivity index (χ3v) is 5.37. The molecular formula is C25H23FN4O3. The molecule has 33 heavy (non-hydrogen) atoms. The largest absolute Gasteiger partial charge is 0.497 e. The molecule has 7 nitrogen and oxygen atoms in total. The maximum atomic E-state index is 13.5. The van der Waals surface area contributed by atoms with Crippen molar-refractivity contribution in [1.82, 2.24) is 14.8 Å². The summed E-state index contributed by atoms with van der Waals surface area (Å²) in [5.41, 5.74) is 3.89. The van der Waals surface area contributed by atoms with Gasteiger partial charge in [-0.3, -0.25) is 4.79 Å². The lowest BCUT2D eigenvalue weighted by Crippen LogP contribution is -2.15. The van der Waals surface area contributed by atoms with E-state index in [4.69, 9.17) is 9.47 Å². The van der Waals surface area contributed by atoms with Gasteiger partial charge < -0.3 is 14.8 Å². The number of nitrogens with zero attached hydrogens (tertiary/aromatic N) is 3. The Bertz CT molecular complexity index is 1320. The first kappa shape index (κ1) is 22.0. The van der Waals surface area contributed by atoms with E-state index in [9.17, 15) is 9.18 Å². The summed E-state index contributed by atoms with van der Waals surface area (Å²) in [7, 11) is 3.05. The number of amides is 1. The zero-order valence-corrected chi connectivity index (χ0v) is 18.7. The Morgan fingerprint density at radius 1 is 1.00 bits per heavy atom. The molecule has 0 aliphatic heterocycles. The maximum Gasteiger partial charge on any atom is 0.295 e. The van der Waals surface area contributed by atoms with E-state index in [1.54, 1.807) is 35.0 Å². The van der Waals surface area contributed by atoms with Crippen LogP contribution in [0.2, 0.25) is 0 Å². The van der Waals surface area contributed by atoms with Crippen molar-refractivity contribution in [3.05, 3.63) is 83.4 Å². The molecule has 0 spiro atoms. The van der Waals surface area contributed by atoms with Crippen molar-refractivity contribution in [1.29, 1.82) is 0 Å². The van der Waals surface area contributed by atoms with Crippen LogP contribution in [-0.4, -0.2) is 34.9 Å². The van der Waals surface area contributed by atoms with Gasteiger partial charge in [0, 0.05) is 11.6 Å². The number of hydrogen-bond donors (Lipinski definition) is 1. The molecule has 4 rings (SSSR count). The molecule has 0 aliphatic rings. The van der Waals surface area contributed by atoms with E-state index in [1.165, 1.54) is 26.4 Å². The van der Waals surface area contributed by atoms with Gasteiger partial charge >= 0.3 is 0 Å². The molecule has 0 fully saturated rings. The number of rotatable bonds is 6. The first-order valence-electron chi connectivity index (χ1n) is 10.2. The van der Waals surface area contributed by atoms with Gasteiger partial charge in [0.2, 0.25) is 5.82 Å². The Morgan fingerprint density at radius 3 is 2.45 bits per heavy atom. The Labute approximate surface area is 190 Å². The molecule has 1 amide bonds. The van der Waals surface area contributed by atoms with Crippen molar-refractivity contribution in [2.45, 2.75) is 13.8 Å². The summed E-state index contributed by atoms with van der Waals surface area (Å²) >= 11 is 0. The summed E-state index contributed by atoms with van der Waals surface area (Å²) in [6.07, 6.45) is 0. The second-order valence-electron chi connectivity index (χ2n) is 7.42. The highest BCUT2D eigenvalue weighted by Gasteiger charge is 2.21. The van der Waals surface area contributed by atoms with E-state index in [0.717, 1.165) is 16.8 Å². The lowest BCUT2D eigenvalue weighted by atomic mass is 10.1. The quantitative estimate of drug-likeness (QED) is 0.453. The van der Waals surface area contributed by atoms with Crippen LogP contribution in [0, 0.1) is 19.7 Å². The molecule has 3 aromatic carbocycles. The summed E-state index contributed by atoms with van der Waals surface area (Å²) in [6.45, 7) is 3.97. The van der Waals surface area contributed by atoms with Gasteiger partial charge in [0.15, 0.2) is 5.82 Å². The molecule has 4 aromatic rings. The minimum absolute atomic E-state index is 0.0416. The molecule has 0 bridgehead atoms. The summed E-state index contributed by atoms with van der Waals surface area (Å²) in [4.78, 5) is 17.6. The fourth-order valence-electron chi connectivity index (χ4n) is 3.42. The number of aryl methyl sites for hydroxylation is 1. The molecule has 1 heterocycles. The van der Waals surface area contributed by atoms with Gasteiger partial charge in [-0.05, 0) is 67.4 Å². The predicted octanol–water partition coefficient (Wildman–Crippen LogP) is 4.96. The SMILES string of the molecule is COc1ccc(OC)c(NC(=O)c2nc(-c3ccc(F)cc3)n(-c3cccc(C)c3C)n2)c1. The minimum atomic E-state index is -0.519. The number of aromatic nitrogens is 3. The average Bonchev–Trinajstić information content (AvgIpc) is 3.26. The van der Waals surface area contributed by atoms with Crippen LogP contribution in [0.25, 0.3) is 17.1 Å². The summed E-state index contributed by atoms with van der Waals surface area (Å²) in [6, 6.07) is 16.8. The van der Waals surface area contributed by atoms with Crippen LogP contribution in [-0.2, 0) is 0 Å². The zero-order chi connectivity index (χ0) is 23.5. The Hall–Kier alpha value is -4.20. The van der Waals surface area contributed by atoms with Gasteiger partial charge in [0.25, 0.3) is 5.91 Å². The van der Waals surface area contributed by atoms with Gasteiger partial charge in [-0.25, -0.2) is 14.1 Å². The van der Waals surface area contributed by atoms with Crippen molar-refractivity contribution in [2.75, 3.05) is 19.5 Å². The first-order chi connectivity index (χ1) is 15.9. The molecule has 1 N–H and O–H groups in total. The molecule has 0 saturated heterocycles. The van der Waals surface area contributed by atoms with Gasteiger partial charge in [0.05, 0.1) is 25.6 Å². The van der Waals surface area contributed by atoms with E-state index in [2.05, 4.69) is 15.4 Å². The number of methoxy groups -OCH3 is 2. The Kier molecular flexibility index (Phi) is 6.08. The molecule has 0 radical (unpaired) electrons. The molecule has 0 saturated carbocycles. The van der Waals surface area contributed by atoms with Gasteiger partial charge in [-0.1, -0.05) is 12.1 Å². The lowest BCUT2D eigenvalue weighted by Gasteiger charge is -2.11. The number of hydrogen-bond acceptors (Lipinski definition) is 5. The number of nitrogens with one attached hydrogen (secondary N) is 1. The molecule has 0 aliphatic carbocycles. The standard InChI is InChI=1S/C25H23FN4O3/c1-15-6-5-7-21(16(15)2)30-24(17-8-10-18(26)11-9-17)28-23(29-30)25(31)27-20-14-19(32-3)12-13-22(20)33-4/h5-14H,1-4H3,(H,27,31). The fourth-order valence-corrected chi connectivity index (χ4v) is 3.42. The Balaban J connectivity index is 1.79. The van der Waals surface area contributed by atoms with Crippen LogP contribution in [0.4, 0.5) is 10.1 Å². The van der Waals surface area contributed by atoms with E-state index in [0.29, 0.717) is 28.6 Å². The van der Waals surface area contributed by atoms with E-state index in [-0.39, 0.29) is 11.6 Å². The van der Waals surface area contributed by atoms with E-state index in [1.807, 2.05) is 32.0 Å². The third-order valence-electron chi connectivity index (χ3n) is 5.37. The van der Waals surface area contributed by atoms with E-state index >= 15 is 0 Å². The van der Waals surface area contributed by atoms with Crippen molar-refractivity contribution in [2.24, 2.45) is 0 Å². The van der Waals surface area contributed by atoms with Crippen molar-refractivity contribution in [3.63, 3.8) is 0 Å². The second-order valence-corrected chi connectivity index (χ2v) is 7.42. The molecule has 1 aromatic heterocycles. The molecule has 0 atom stereocenters. The minimum Gasteiger partial charge on any atom is -0.497 e. The van der Waals surface area contributed by atoms with Crippen molar-refractivity contribution < 1.29 is 18.7 Å². The van der Waals surface area contributed by atoms with E-state index < -0.39 is 5.91 Å². The normalized spacial score (nSPS) is 10.7. The number of benzene rings is 3. The molecule has 0 unspecified atom stereocenters. The second kappa shape index (κ2) is 9.12. The Morgan fingerprint density at radius 2 is 1.76 bits per heavy atom. The highest BCUT2D eigenvalue weighted by molar-refractivity contribution is 6.02. The van der Waals surface area contributed by atoms with Crippen LogP contribution < -0.4 is 14.8 Å². The van der Waals surface area contributed by atoms with Crippen molar-refractivity contribution in [3.8, 4) is 28.6 Å². The number of carbonyl (C=O) groups excluding carboxylic acids is 1. The highest BCUT2D eigenvalue weighted by Crippen LogP contribution is 2.30. The zero-order valence-electron chi connectivity index (χ0n) is 18.7. The third kappa shape index (κ3) is 4.41. The summed E-state index contributed by atoms with van der Waals surface area (Å²) in [5, 5.41) is 7.29. The predicted molar refractivity (Wildman–Crippen MR) is 124 cm³/mol.